The number of nitrogens with zero attached hydrogens (tertiary/aromatic N) is 2. The first-order valence-corrected chi connectivity index (χ1v) is 9.08. The molecule has 1 amide bonds. The molecule has 8 heteroatoms. The van der Waals surface area contributed by atoms with E-state index in [1.807, 2.05) is 0 Å². The Hall–Kier alpha value is -2.48. The first-order chi connectivity index (χ1) is 12.9. The molecule has 3 aliphatic rings. The molecule has 0 unspecified atom stereocenters. The average Bonchev–Trinajstić information content (AvgIpc) is 2.67. The second-order valence-corrected chi connectivity index (χ2v) is 7.49. The number of hydrogen-bond donors (Lipinski definition) is 2. The zero-order chi connectivity index (χ0) is 19.1. The van der Waals surface area contributed by atoms with Crippen LogP contribution in [0, 0.1) is 5.82 Å². The molecule has 2 aromatic rings. The van der Waals surface area contributed by atoms with E-state index >= 15 is 0 Å². The number of halogens is 1. The van der Waals surface area contributed by atoms with Gasteiger partial charge in [-0.25, -0.2) is 14.2 Å². The summed E-state index contributed by atoms with van der Waals surface area (Å²) >= 11 is 0. The third-order valence-corrected chi connectivity index (χ3v) is 5.92. The third-order valence-electron chi connectivity index (χ3n) is 5.92. The molecule has 2 aromatic heterocycles. The fourth-order valence-corrected chi connectivity index (χ4v) is 4.26. The van der Waals surface area contributed by atoms with Gasteiger partial charge in [0, 0.05) is 11.6 Å². The number of carbonyl (C=O) groups is 1. The zero-order valence-electron chi connectivity index (χ0n) is 15.1. The van der Waals surface area contributed by atoms with Crippen LogP contribution in [0.2, 0.25) is 0 Å². The van der Waals surface area contributed by atoms with Gasteiger partial charge in [0.15, 0.2) is 0 Å². The van der Waals surface area contributed by atoms with E-state index in [9.17, 15) is 9.18 Å². The van der Waals surface area contributed by atoms with Gasteiger partial charge in [-0.15, -0.1) is 0 Å². The van der Waals surface area contributed by atoms with Crippen molar-refractivity contribution in [3.05, 3.63) is 29.7 Å². The summed E-state index contributed by atoms with van der Waals surface area (Å²) in [5, 5.41) is 11.7. The van der Waals surface area contributed by atoms with E-state index in [-0.39, 0.29) is 11.4 Å². The number of aryl methyl sites for hydroxylation is 1. The average molecular weight is 375 g/mol. The van der Waals surface area contributed by atoms with Gasteiger partial charge in [-0.3, -0.25) is 4.98 Å². The van der Waals surface area contributed by atoms with Gasteiger partial charge < -0.3 is 19.9 Å². The molecule has 0 radical (unpaired) electrons. The lowest BCUT2D eigenvalue weighted by Crippen LogP contribution is -2.62. The van der Waals surface area contributed by atoms with E-state index in [0.717, 1.165) is 25.7 Å². The summed E-state index contributed by atoms with van der Waals surface area (Å²) in [5.74, 6) is 0.0404. The second kappa shape index (κ2) is 6.60. The fourth-order valence-electron chi connectivity index (χ4n) is 4.26. The van der Waals surface area contributed by atoms with Gasteiger partial charge in [0.1, 0.15) is 5.82 Å². The highest BCUT2D eigenvalue weighted by molar-refractivity contribution is 5.78. The molecule has 7 nitrogen and oxygen atoms in total. The van der Waals surface area contributed by atoms with Crippen LogP contribution < -0.4 is 10.1 Å². The van der Waals surface area contributed by atoms with E-state index in [1.165, 1.54) is 13.3 Å². The zero-order valence-corrected chi connectivity index (χ0v) is 15.1. The van der Waals surface area contributed by atoms with E-state index in [2.05, 4.69) is 15.3 Å². The minimum Gasteiger partial charge on any atom is -0.481 e. The van der Waals surface area contributed by atoms with Crippen LogP contribution in [-0.2, 0) is 11.2 Å². The molecule has 1 aliphatic carbocycles. The second-order valence-electron chi connectivity index (χ2n) is 7.49. The van der Waals surface area contributed by atoms with Crippen LogP contribution in [0.4, 0.5) is 9.18 Å². The topological polar surface area (TPSA) is 93.6 Å². The molecule has 2 aliphatic heterocycles. The summed E-state index contributed by atoms with van der Waals surface area (Å²) in [6.45, 7) is 0.366. The number of methoxy groups -OCH3 is 1. The number of fused-ring (bicyclic) bond motifs is 4. The highest BCUT2D eigenvalue weighted by atomic mass is 19.1. The summed E-state index contributed by atoms with van der Waals surface area (Å²) in [6.07, 6.45) is 4.35. The van der Waals surface area contributed by atoms with Crippen molar-refractivity contribution in [2.24, 2.45) is 0 Å². The van der Waals surface area contributed by atoms with Crippen LogP contribution in [0.1, 0.15) is 37.7 Å². The monoisotopic (exact) mass is 375 g/mol. The minimum absolute atomic E-state index is 0.331. The summed E-state index contributed by atoms with van der Waals surface area (Å²) < 4.78 is 25.7. The molecule has 2 saturated heterocycles. The SMILES string of the molecule is COc1ccc2ncc(F)c(CCC34CCC(NC(=O)O)(CC3)CO4)c2n1. The summed E-state index contributed by atoms with van der Waals surface area (Å²) in [6, 6.07) is 3.47. The van der Waals surface area contributed by atoms with Crippen molar-refractivity contribution in [1.82, 2.24) is 15.3 Å². The molecule has 0 atom stereocenters. The predicted molar refractivity (Wildman–Crippen MR) is 95.4 cm³/mol. The number of rotatable bonds is 5. The summed E-state index contributed by atoms with van der Waals surface area (Å²) in [4.78, 5) is 19.5. The molecule has 144 valence electrons. The van der Waals surface area contributed by atoms with Gasteiger partial charge in [0.2, 0.25) is 5.88 Å². The van der Waals surface area contributed by atoms with Crippen molar-refractivity contribution >= 4 is 17.1 Å². The first-order valence-electron chi connectivity index (χ1n) is 9.08. The number of nitrogens with one attached hydrogen (secondary N) is 1. The van der Waals surface area contributed by atoms with Crippen molar-refractivity contribution in [3.63, 3.8) is 0 Å². The van der Waals surface area contributed by atoms with Crippen LogP contribution in [-0.4, -0.2) is 46.0 Å². The molecule has 2 N–H and O–H groups in total. The van der Waals surface area contributed by atoms with Crippen LogP contribution in [0.3, 0.4) is 0 Å². The van der Waals surface area contributed by atoms with Gasteiger partial charge in [0.25, 0.3) is 0 Å². The van der Waals surface area contributed by atoms with Crippen LogP contribution in [0.25, 0.3) is 11.0 Å². The summed E-state index contributed by atoms with van der Waals surface area (Å²) in [7, 11) is 1.52. The fraction of sp³-hybridized carbons (Fsp3) is 0.526. The third kappa shape index (κ3) is 3.29. The molecule has 2 bridgehead atoms. The normalized spacial score (nSPS) is 26.9. The molecular formula is C19H22FN3O4. The Labute approximate surface area is 155 Å². The maximum atomic E-state index is 14.5. The van der Waals surface area contributed by atoms with Gasteiger partial charge >= 0.3 is 6.09 Å². The Morgan fingerprint density at radius 3 is 2.78 bits per heavy atom. The van der Waals surface area contributed by atoms with Crippen LogP contribution in [0.15, 0.2) is 18.3 Å². The highest BCUT2D eigenvalue weighted by Gasteiger charge is 2.50. The quantitative estimate of drug-likeness (QED) is 0.834. The highest BCUT2D eigenvalue weighted by Crippen LogP contribution is 2.46. The van der Waals surface area contributed by atoms with Crippen molar-refractivity contribution in [3.8, 4) is 5.88 Å². The number of carboxylic acid groups (broad SMARTS) is 1. The van der Waals surface area contributed by atoms with Crippen molar-refractivity contribution in [1.29, 1.82) is 0 Å². The van der Waals surface area contributed by atoms with Crippen molar-refractivity contribution < 1.29 is 23.8 Å². The lowest BCUT2D eigenvalue weighted by Gasteiger charge is -2.53. The Balaban J connectivity index is 1.53. The molecule has 0 aromatic carbocycles. The lowest BCUT2D eigenvalue weighted by atomic mass is 9.69. The summed E-state index contributed by atoms with van der Waals surface area (Å²) in [5.41, 5.74) is 0.852. The van der Waals surface area contributed by atoms with E-state index < -0.39 is 11.6 Å². The Morgan fingerprint density at radius 2 is 2.15 bits per heavy atom. The van der Waals surface area contributed by atoms with Gasteiger partial charge in [-0.2, -0.15) is 0 Å². The maximum Gasteiger partial charge on any atom is 0.405 e. The number of pyridine rings is 2. The Bertz CT molecular complexity index is 864. The van der Waals surface area contributed by atoms with Crippen molar-refractivity contribution in [2.75, 3.05) is 13.7 Å². The molecule has 5 rings (SSSR count). The smallest absolute Gasteiger partial charge is 0.405 e. The molecule has 0 spiro atoms. The van der Waals surface area contributed by atoms with Crippen molar-refractivity contribution in [2.45, 2.75) is 49.7 Å². The Morgan fingerprint density at radius 1 is 1.37 bits per heavy atom. The Kier molecular flexibility index (Phi) is 4.38. The number of aromatic nitrogens is 2. The standard InChI is InChI=1S/C19H22FN3O4/c1-26-15-3-2-14-16(22-15)12(13(20)10-21-14)4-5-19-8-6-18(7-9-19,11-27-19)23-17(24)25/h2-3,10,23H,4-9,11H2,1H3,(H,24,25). The van der Waals surface area contributed by atoms with Gasteiger partial charge in [-0.1, -0.05) is 0 Å². The lowest BCUT2D eigenvalue weighted by molar-refractivity contribution is -0.162. The van der Waals surface area contributed by atoms with Crippen LogP contribution >= 0.6 is 0 Å². The van der Waals surface area contributed by atoms with Gasteiger partial charge in [0.05, 0.1) is 42.1 Å². The molecule has 27 heavy (non-hydrogen) atoms. The van der Waals surface area contributed by atoms with Gasteiger partial charge in [-0.05, 0) is 44.6 Å². The minimum atomic E-state index is -1.02. The van der Waals surface area contributed by atoms with E-state index in [4.69, 9.17) is 14.6 Å². The predicted octanol–water partition coefficient (Wildman–Crippen LogP) is 3.06. The number of ether oxygens (including phenoxy) is 2. The molecular weight excluding hydrogens is 353 g/mol. The molecule has 3 fully saturated rings. The maximum absolute atomic E-state index is 14.5. The molecule has 4 heterocycles. The molecule has 1 saturated carbocycles. The van der Waals surface area contributed by atoms with E-state index in [0.29, 0.717) is 41.9 Å². The number of amides is 1. The largest absolute Gasteiger partial charge is 0.481 e. The van der Waals surface area contributed by atoms with E-state index in [1.54, 1.807) is 12.1 Å². The van der Waals surface area contributed by atoms with Crippen LogP contribution in [0.5, 0.6) is 5.88 Å². The first kappa shape index (κ1) is 17.9. The number of hydrogen-bond acceptors (Lipinski definition) is 5.